The largest absolute Gasteiger partial charge is 0.492 e. The van der Waals surface area contributed by atoms with E-state index in [2.05, 4.69) is 0 Å². The van der Waals surface area contributed by atoms with E-state index in [1.807, 2.05) is 0 Å². The molecule has 0 heterocycles. The van der Waals surface area contributed by atoms with E-state index in [1.165, 1.54) is 6.07 Å². The van der Waals surface area contributed by atoms with Crippen LogP contribution < -0.4 is 10.5 Å². The fraction of sp³-hybridized carbons (Fsp3) is 0.143. The highest BCUT2D eigenvalue weighted by Gasteiger charge is 2.11. The van der Waals surface area contributed by atoms with Crippen molar-refractivity contribution in [2.45, 2.75) is 6.04 Å². The number of halogens is 2. The lowest BCUT2D eigenvalue weighted by atomic mass is 10.1. The molecule has 94 valence electrons. The van der Waals surface area contributed by atoms with Crippen LogP contribution in [-0.2, 0) is 0 Å². The second-order valence-electron chi connectivity index (χ2n) is 3.90. The molecule has 0 aliphatic rings. The molecule has 0 aliphatic carbocycles. The van der Waals surface area contributed by atoms with Gasteiger partial charge in [0, 0.05) is 10.6 Å². The van der Waals surface area contributed by atoms with E-state index in [0.29, 0.717) is 16.3 Å². The van der Waals surface area contributed by atoms with Crippen LogP contribution in [0.5, 0.6) is 5.75 Å². The lowest BCUT2D eigenvalue weighted by Gasteiger charge is -2.14. The molecule has 0 amide bonds. The molecule has 1 atom stereocenters. The zero-order valence-corrected chi connectivity index (χ0v) is 10.4. The van der Waals surface area contributed by atoms with Crippen molar-refractivity contribution in [3.05, 3.63) is 64.9 Å². The number of rotatable bonds is 4. The molecule has 0 aromatic heterocycles. The minimum Gasteiger partial charge on any atom is -0.492 e. The predicted molar refractivity (Wildman–Crippen MR) is 70.3 cm³/mol. The Hall–Kier alpha value is -1.58. The fourth-order valence-corrected chi connectivity index (χ4v) is 1.79. The van der Waals surface area contributed by atoms with Gasteiger partial charge in [0.1, 0.15) is 18.2 Å². The average molecular weight is 266 g/mol. The molecule has 1 unspecified atom stereocenters. The van der Waals surface area contributed by atoms with E-state index < -0.39 is 6.04 Å². The maximum absolute atomic E-state index is 13.5. The van der Waals surface area contributed by atoms with Crippen LogP contribution in [0.1, 0.15) is 11.6 Å². The Morgan fingerprint density at radius 3 is 2.67 bits per heavy atom. The summed E-state index contributed by atoms with van der Waals surface area (Å²) in [4.78, 5) is 0. The van der Waals surface area contributed by atoms with Crippen LogP contribution in [0.2, 0.25) is 5.02 Å². The van der Waals surface area contributed by atoms with Gasteiger partial charge < -0.3 is 10.5 Å². The molecule has 0 bridgehead atoms. The van der Waals surface area contributed by atoms with Gasteiger partial charge in [-0.1, -0.05) is 35.9 Å². The summed E-state index contributed by atoms with van der Waals surface area (Å²) >= 11 is 5.83. The van der Waals surface area contributed by atoms with E-state index in [1.54, 1.807) is 42.5 Å². The maximum atomic E-state index is 13.5. The third-order valence-electron chi connectivity index (χ3n) is 2.53. The number of hydrogen-bond donors (Lipinski definition) is 1. The highest BCUT2D eigenvalue weighted by atomic mass is 35.5. The van der Waals surface area contributed by atoms with Gasteiger partial charge in [-0.15, -0.1) is 0 Å². The molecule has 0 saturated heterocycles. The van der Waals surface area contributed by atoms with Crippen molar-refractivity contribution in [1.29, 1.82) is 0 Å². The van der Waals surface area contributed by atoms with Crippen molar-refractivity contribution in [1.82, 2.24) is 0 Å². The quantitative estimate of drug-likeness (QED) is 0.917. The van der Waals surface area contributed by atoms with Gasteiger partial charge in [-0.25, -0.2) is 4.39 Å². The van der Waals surface area contributed by atoms with Gasteiger partial charge >= 0.3 is 0 Å². The topological polar surface area (TPSA) is 35.2 Å². The summed E-state index contributed by atoms with van der Waals surface area (Å²) < 4.78 is 19.0. The lowest BCUT2D eigenvalue weighted by molar-refractivity contribution is 0.288. The van der Waals surface area contributed by atoms with Crippen molar-refractivity contribution in [2.24, 2.45) is 5.73 Å². The summed E-state index contributed by atoms with van der Waals surface area (Å²) in [6.07, 6.45) is 0. The molecule has 2 aromatic rings. The maximum Gasteiger partial charge on any atom is 0.128 e. The van der Waals surface area contributed by atoms with E-state index >= 15 is 0 Å². The van der Waals surface area contributed by atoms with E-state index in [-0.39, 0.29) is 12.4 Å². The molecule has 0 spiro atoms. The summed E-state index contributed by atoms with van der Waals surface area (Å²) in [5, 5.41) is 0.590. The molecule has 18 heavy (non-hydrogen) atoms. The minimum absolute atomic E-state index is 0.196. The molecule has 2 rings (SSSR count). The van der Waals surface area contributed by atoms with Gasteiger partial charge in [-0.2, -0.15) is 0 Å². The molecular weight excluding hydrogens is 253 g/mol. The summed E-state index contributed by atoms with van der Waals surface area (Å²) in [7, 11) is 0. The second kappa shape index (κ2) is 5.85. The van der Waals surface area contributed by atoms with Crippen molar-refractivity contribution < 1.29 is 9.13 Å². The molecule has 0 radical (unpaired) electrons. The first-order chi connectivity index (χ1) is 8.66. The highest BCUT2D eigenvalue weighted by molar-refractivity contribution is 6.30. The first-order valence-corrected chi connectivity index (χ1v) is 5.93. The number of benzene rings is 2. The number of hydrogen-bond acceptors (Lipinski definition) is 2. The second-order valence-corrected chi connectivity index (χ2v) is 4.33. The molecule has 0 aliphatic heterocycles. The zero-order chi connectivity index (χ0) is 13.0. The summed E-state index contributed by atoms with van der Waals surface area (Å²) in [6, 6.07) is 12.9. The van der Waals surface area contributed by atoms with E-state index in [9.17, 15) is 4.39 Å². The Morgan fingerprint density at radius 1 is 1.17 bits per heavy atom. The van der Waals surface area contributed by atoms with E-state index in [4.69, 9.17) is 22.1 Å². The highest BCUT2D eigenvalue weighted by Crippen LogP contribution is 2.20. The Kier molecular flexibility index (Phi) is 4.18. The minimum atomic E-state index is -0.509. The van der Waals surface area contributed by atoms with Gasteiger partial charge in [0.2, 0.25) is 0 Å². The van der Waals surface area contributed by atoms with Crippen molar-refractivity contribution in [3.8, 4) is 5.75 Å². The standard InChI is InChI=1S/C14H13ClFNO/c15-10-4-3-5-11(8-10)18-9-14(17)12-6-1-2-7-13(12)16/h1-8,14H,9,17H2. The first-order valence-electron chi connectivity index (χ1n) is 5.55. The SMILES string of the molecule is NC(COc1cccc(Cl)c1)c1ccccc1F. The van der Waals surface area contributed by atoms with Crippen molar-refractivity contribution in [3.63, 3.8) is 0 Å². The van der Waals surface area contributed by atoms with Gasteiger partial charge in [-0.05, 0) is 24.3 Å². The first kappa shape index (κ1) is 12.9. The van der Waals surface area contributed by atoms with E-state index in [0.717, 1.165) is 0 Å². The van der Waals surface area contributed by atoms with Crippen molar-refractivity contribution in [2.75, 3.05) is 6.61 Å². The Morgan fingerprint density at radius 2 is 1.94 bits per heavy atom. The fourth-order valence-electron chi connectivity index (χ4n) is 1.61. The van der Waals surface area contributed by atoms with Crippen LogP contribution in [0.3, 0.4) is 0 Å². The molecule has 0 fully saturated rings. The van der Waals surface area contributed by atoms with Gasteiger partial charge in [0.05, 0.1) is 6.04 Å². The lowest BCUT2D eigenvalue weighted by Crippen LogP contribution is -2.20. The molecule has 4 heteroatoms. The van der Waals surface area contributed by atoms with Crippen LogP contribution in [0, 0.1) is 5.82 Å². The average Bonchev–Trinajstić information content (AvgIpc) is 2.37. The van der Waals surface area contributed by atoms with Crippen LogP contribution in [-0.4, -0.2) is 6.61 Å². The number of ether oxygens (including phenoxy) is 1. The van der Waals surface area contributed by atoms with Gasteiger partial charge in [0.25, 0.3) is 0 Å². The zero-order valence-electron chi connectivity index (χ0n) is 9.64. The Balaban J connectivity index is 2.00. The molecule has 2 nitrogen and oxygen atoms in total. The van der Waals surface area contributed by atoms with Crippen LogP contribution >= 0.6 is 11.6 Å². The van der Waals surface area contributed by atoms with Crippen LogP contribution in [0.4, 0.5) is 4.39 Å². The molecule has 0 saturated carbocycles. The third-order valence-corrected chi connectivity index (χ3v) is 2.77. The monoisotopic (exact) mass is 265 g/mol. The van der Waals surface area contributed by atoms with Crippen LogP contribution in [0.15, 0.2) is 48.5 Å². The normalized spacial score (nSPS) is 12.2. The van der Waals surface area contributed by atoms with Crippen molar-refractivity contribution >= 4 is 11.6 Å². The van der Waals surface area contributed by atoms with Gasteiger partial charge in [0.15, 0.2) is 0 Å². The van der Waals surface area contributed by atoms with Gasteiger partial charge in [-0.3, -0.25) is 0 Å². The molecule has 2 aromatic carbocycles. The Labute approximate surface area is 110 Å². The number of nitrogens with two attached hydrogens (primary N) is 1. The summed E-state index contributed by atoms with van der Waals surface area (Å²) in [5.74, 6) is 0.300. The molecular formula is C14H13ClFNO. The summed E-state index contributed by atoms with van der Waals surface area (Å²) in [5.41, 5.74) is 6.33. The van der Waals surface area contributed by atoms with Crippen LogP contribution in [0.25, 0.3) is 0 Å². The smallest absolute Gasteiger partial charge is 0.128 e. The molecule has 2 N–H and O–H groups in total. The Bertz CT molecular complexity index is 533. The summed E-state index contributed by atoms with van der Waals surface area (Å²) in [6.45, 7) is 0.196. The third kappa shape index (κ3) is 3.22. The predicted octanol–water partition coefficient (Wildman–Crippen LogP) is 3.56.